The number of hydrogen-bond donors (Lipinski definition) is 0. The quantitative estimate of drug-likeness (QED) is 0.829. The molecule has 2 aromatic rings. The number of aromatic nitrogens is 2. The first kappa shape index (κ1) is 17.1. The number of nitrogens with zero attached hydrogens (tertiary/aromatic N) is 3. The van der Waals surface area contributed by atoms with E-state index in [9.17, 15) is 8.42 Å². The minimum absolute atomic E-state index is 0.146. The van der Waals surface area contributed by atoms with E-state index in [1.54, 1.807) is 16.4 Å². The molecule has 130 valence electrons. The van der Waals surface area contributed by atoms with E-state index in [-0.39, 0.29) is 5.92 Å². The Morgan fingerprint density at radius 2 is 1.88 bits per heavy atom. The van der Waals surface area contributed by atoms with Crippen LogP contribution in [0.15, 0.2) is 33.7 Å². The van der Waals surface area contributed by atoms with Crippen LogP contribution in [0.3, 0.4) is 0 Å². The van der Waals surface area contributed by atoms with Crippen LogP contribution in [-0.4, -0.2) is 36.0 Å². The summed E-state index contributed by atoms with van der Waals surface area (Å²) >= 11 is 0. The van der Waals surface area contributed by atoms with Gasteiger partial charge in [0.1, 0.15) is 0 Å². The summed E-state index contributed by atoms with van der Waals surface area (Å²) in [5.74, 6) is 1.53. The van der Waals surface area contributed by atoms with Crippen molar-refractivity contribution in [2.24, 2.45) is 0 Å². The van der Waals surface area contributed by atoms with Crippen LogP contribution in [0, 0.1) is 6.92 Å². The van der Waals surface area contributed by atoms with Crippen molar-refractivity contribution in [2.45, 2.75) is 50.3 Å². The van der Waals surface area contributed by atoms with Crippen LogP contribution in [0.1, 0.15) is 49.4 Å². The van der Waals surface area contributed by atoms with E-state index < -0.39 is 10.0 Å². The highest BCUT2D eigenvalue weighted by molar-refractivity contribution is 7.89. The minimum Gasteiger partial charge on any atom is -0.339 e. The number of piperidine rings is 1. The van der Waals surface area contributed by atoms with Gasteiger partial charge in [-0.15, -0.1) is 0 Å². The van der Waals surface area contributed by atoms with E-state index in [4.69, 9.17) is 4.52 Å². The Bertz CT molecular complexity index is 776. The maximum absolute atomic E-state index is 12.7. The van der Waals surface area contributed by atoms with E-state index in [0.29, 0.717) is 36.7 Å². The van der Waals surface area contributed by atoms with Gasteiger partial charge in [-0.2, -0.15) is 9.29 Å². The van der Waals surface area contributed by atoms with Crippen molar-refractivity contribution >= 4 is 10.0 Å². The summed E-state index contributed by atoms with van der Waals surface area (Å²) in [5.41, 5.74) is 1.05. The average Bonchev–Trinajstić information content (AvgIpc) is 3.04. The van der Waals surface area contributed by atoms with Crippen molar-refractivity contribution < 1.29 is 12.9 Å². The summed E-state index contributed by atoms with van der Waals surface area (Å²) < 4.78 is 32.3. The van der Waals surface area contributed by atoms with Crippen molar-refractivity contribution in [3.63, 3.8) is 0 Å². The highest BCUT2D eigenvalue weighted by atomic mass is 32.2. The smallest absolute Gasteiger partial charge is 0.243 e. The molecule has 3 rings (SSSR count). The predicted octanol–water partition coefficient (Wildman–Crippen LogP) is 2.90. The van der Waals surface area contributed by atoms with Crippen LogP contribution in [0.2, 0.25) is 0 Å². The molecule has 1 fully saturated rings. The highest BCUT2D eigenvalue weighted by Gasteiger charge is 2.32. The van der Waals surface area contributed by atoms with Gasteiger partial charge in [0.05, 0.1) is 4.90 Å². The lowest BCUT2D eigenvalue weighted by atomic mass is 9.98. The van der Waals surface area contributed by atoms with Crippen molar-refractivity contribution in [2.75, 3.05) is 13.1 Å². The van der Waals surface area contributed by atoms with Gasteiger partial charge in [0.25, 0.3) is 0 Å². The van der Waals surface area contributed by atoms with Gasteiger partial charge in [-0.1, -0.05) is 29.8 Å². The lowest BCUT2D eigenvalue weighted by Crippen LogP contribution is -2.37. The lowest BCUT2D eigenvalue weighted by Gasteiger charge is -2.29. The number of rotatable bonds is 5. The molecule has 0 N–H and O–H groups in total. The maximum atomic E-state index is 12.7. The van der Waals surface area contributed by atoms with Gasteiger partial charge in [-0.05, 0) is 38.3 Å². The zero-order valence-electron chi connectivity index (χ0n) is 14.1. The van der Waals surface area contributed by atoms with E-state index >= 15 is 0 Å². The fraction of sp³-hybridized carbons (Fsp3) is 0.529. The van der Waals surface area contributed by atoms with E-state index in [1.165, 1.54) is 0 Å². The molecule has 0 atom stereocenters. The van der Waals surface area contributed by atoms with Crippen molar-refractivity contribution in [1.29, 1.82) is 0 Å². The van der Waals surface area contributed by atoms with Crippen LogP contribution in [0.25, 0.3) is 0 Å². The Balaban J connectivity index is 1.66. The number of benzene rings is 1. The Kier molecular flexibility index (Phi) is 5.01. The topological polar surface area (TPSA) is 76.3 Å². The monoisotopic (exact) mass is 349 g/mol. The molecule has 1 aliphatic heterocycles. The van der Waals surface area contributed by atoms with E-state index in [2.05, 4.69) is 17.1 Å². The second-order valence-corrected chi connectivity index (χ2v) is 8.23. The summed E-state index contributed by atoms with van der Waals surface area (Å²) in [6.07, 6.45) is 3.20. The van der Waals surface area contributed by atoms with Crippen LogP contribution in [0.4, 0.5) is 0 Å². The van der Waals surface area contributed by atoms with Crippen molar-refractivity contribution in [3.05, 3.63) is 41.5 Å². The van der Waals surface area contributed by atoms with Gasteiger partial charge in [-0.25, -0.2) is 8.42 Å². The van der Waals surface area contributed by atoms with Gasteiger partial charge < -0.3 is 4.52 Å². The molecule has 1 aromatic carbocycles. The Labute approximate surface area is 142 Å². The molecule has 0 radical (unpaired) electrons. The molecule has 0 aliphatic carbocycles. The van der Waals surface area contributed by atoms with Gasteiger partial charge in [-0.3, -0.25) is 0 Å². The molecule has 1 aliphatic rings. The Morgan fingerprint density at radius 3 is 2.50 bits per heavy atom. The zero-order valence-corrected chi connectivity index (χ0v) is 14.9. The van der Waals surface area contributed by atoms with Gasteiger partial charge >= 0.3 is 0 Å². The first-order chi connectivity index (χ1) is 11.5. The highest BCUT2D eigenvalue weighted by Crippen LogP contribution is 2.30. The standard InChI is InChI=1S/C17H23N3O3S/c1-3-4-16-18-17(23-19-16)14-9-11-20(12-10-14)24(21,22)15-7-5-13(2)6-8-15/h5-8,14H,3-4,9-12H2,1-2H3. The number of hydrogen-bond acceptors (Lipinski definition) is 5. The van der Waals surface area contributed by atoms with Crippen molar-refractivity contribution in [1.82, 2.24) is 14.4 Å². The molecule has 1 aromatic heterocycles. The molecule has 2 heterocycles. The molecule has 0 amide bonds. The molecule has 0 bridgehead atoms. The largest absolute Gasteiger partial charge is 0.339 e. The average molecular weight is 349 g/mol. The second kappa shape index (κ2) is 7.03. The van der Waals surface area contributed by atoms with Gasteiger partial charge in [0, 0.05) is 25.4 Å². The molecular formula is C17H23N3O3S. The summed E-state index contributed by atoms with van der Waals surface area (Å²) in [6.45, 7) is 4.97. The number of sulfonamides is 1. The molecule has 0 spiro atoms. The summed E-state index contributed by atoms with van der Waals surface area (Å²) in [4.78, 5) is 4.79. The maximum Gasteiger partial charge on any atom is 0.243 e. The summed E-state index contributed by atoms with van der Waals surface area (Å²) in [7, 11) is -3.42. The molecule has 1 saturated heterocycles. The predicted molar refractivity (Wildman–Crippen MR) is 90.2 cm³/mol. The summed E-state index contributed by atoms with van der Waals surface area (Å²) in [6, 6.07) is 7.00. The Morgan fingerprint density at radius 1 is 1.21 bits per heavy atom. The van der Waals surface area contributed by atoms with Crippen LogP contribution in [-0.2, 0) is 16.4 Å². The molecule has 7 heteroatoms. The molecule has 24 heavy (non-hydrogen) atoms. The van der Waals surface area contributed by atoms with Gasteiger partial charge in [0.2, 0.25) is 15.9 Å². The minimum atomic E-state index is -3.42. The Hall–Kier alpha value is -1.73. The fourth-order valence-electron chi connectivity index (χ4n) is 2.96. The first-order valence-electron chi connectivity index (χ1n) is 8.40. The summed E-state index contributed by atoms with van der Waals surface area (Å²) in [5, 5.41) is 3.99. The first-order valence-corrected chi connectivity index (χ1v) is 9.84. The zero-order chi connectivity index (χ0) is 17.2. The third-order valence-corrected chi connectivity index (χ3v) is 6.33. The van der Waals surface area contributed by atoms with Crippen LogP contribution >= 0.6 is 0 Å². The third kappa shape index (κ3) is 3.52. The molecule has 6 nitrogen and oxygen atoms in total. The van der Waals surface area contributed by atoms with E-state index in [1.807, 2.05) is 19.1 Å². The number of aryl methyl sites for hydroxylation is 2. The van der Waals surface area contributed by atoms with Crippen LogP contribution < -0.4 is 0 Å². The normalized spacial score (nSPS) is 17.2. The molecule has 0 saturated carbocycles. The van der Waals surface area contributed by atoms with Crippen LogP contribution in [0.5, 0.6) is 0 Å². The molecule has 0 unspecified atom stereocenters. The third-order valence-electron chi connectivity index (χ3n) is 4.42. The van der Waals surface area contributed by atoms with Gasteiger partial charge in [0.15, 0.2) is 5.82 Å². The fourth-order valence-corrected chi connectivity index (χ4v) is 4.43. The molecular weight excluding hydrogens is 326 g/mol. The van der Waals surface area contributed by atoms with E-state index in [0.717, 1.165) is 24.2 Å². The lowest BCUT2D eigenvalue weighted by molar-refractivity contribution is 0.270. The SMILES string of the molecule is CCCc1noc(C2CCN(S(=O)(=O)c3ccc(C)cc3)CC2)n1. The second-order valence-electron chi connectivity index (χ2n) is 6.29. The van der Waals surface area contributed by atoms with Crippen molar-refractivity contribution in [3.8, 4) is 0 Å².